The van der Waals surface area contributed by atoms with Crippen molar-refractivity contribution in [2.24, 2.45) is 4.99 Å². The number of sulfonamides is 1. The SMILES string of the molecule is CN=C(NCCCNS(C)(=O)=O)NCCC(C)N(C)Cc1ccccc1.I. The van der Waals surface area contributed by atoms with Crippen molar-refractivity contribution >= 4 is 40.0 Å². The van der Waals surface area contributed by atoms with E-state index in [-0.39, 0.29) is 24.0 Å². The van der Waals surface area contributed by atoms with E-state index in [1.807, 2.05) is 6.07 Å². The smallest absolute Gasteiger partial charge is 0.208 e. The molecule has 7 nitrogen and oxygen atoms in total. The summed E-state index contributed by atoms with van der Waals surface area (Å²) in [6.07, 6.45) is 2.86. The number of halogens is 1. The van der Waals surface area contributed by atoms with Crippen LogP contribution in [0.3, 0.4) is 0 Å². The fraction of sp³-hybridized carbons (Fsp3) is 0.611. The van der Waals surface area contributed by atoms with Gasteiger partial charge in [0.15, 0.2) is 5.96 Å². The highest BCUT2D eigenvalue weighted by Gasteiger charge is 2.09. The molecule has 0 aliphatic rings. The summed E-state index contributed by atoms with van der Waals surface area (Å²) in [6.45, 7) is 5.05. The first-order valence-electron chi connectivity index (χ1n) is 8.95. The second-order valence-corrected chi connectivity index (χ2v) is 8.32. The van der Waals surface area contributed by atoms with E-state index in [4.69, 9.17) is 0 Å². The Labute approximate surface area is 181 Å². The first-order chi connectivity index (χ1) is 12.3. The fourth-order valence-corrected chi connectivity index (χ4v) is 2.94. The van der Waals surface area contributed by atoms with Crippen LogP contribution >= 0.6 is 24.0 Å². The van der Waals surface area contributed by atoms with Gasteiger partial charge in [0.05, 0.1) is 6.26 Å². The minimum Gasteiger partial charge on any atom is -0.356 e. The van der Waals surface area contributed by atoms with Gasteiger partial charge in [0.25, 0.3) is 0 Å². The zero-order valence-corrected chi connectivity index (χ0v) is 19.9. The van der Waals surface area contributed by atoms with Gasteiger partial charge in [-0.15, -0.1) is 24.0 Å². The van der Waals surface area contributed by atoms with Crippen LogP contribution in [0.2, 0.25) is 0 Å². The molecule has 3 N–H and O–H groups in total. The van der Waals surface area contributed by atoms with Crippen LogP contribution in [0.25, 0.3) is 0 Å². The molecule has 156 valence electrons. The summed E-state index contributed by atoms with van der Waals surface area (Å²) in [4.78, 5) is 6.52. The first-order valence-corrected chi connectivity index (χ1v) is 10.8. The van der Waals surface area contributed by atoms with Crippen molar-refractivity contribution in [3.05, 3.63) is 35.9 Å². The molecular formula is C18H34IN5O2S. The van der Waals surface area contributed by atoms with Gasteiger partial charge in [0, 0.05) is 39.3 Å². The summed E-state index contributed by atoms with van der Waals surface area (Å²) in [5.74, 6) is 0.738. The van der Waals surface area contributed by atoms with Crippen molar-refractivity contribution in [1.29, 1.82) is 0 Å². The standard InChI is InChI=1S/C18H33N5O2S.HI/c1-16(23(3)15-17-9-6-5-7-10-17)11-14-21-18(19-2)20-12-8-13-22-26(4,24)25;/h5-7,9-10,16,22H,8,11-15H2,1-4H3,(H2,19,20,21);1H. The number of hydrogen-bond acceptors (Lipinski definition) is 4. The Bertz CT molecular complexity index is 640. The summed E-state index contributed by atoms with van der Waals surface area (Å²) >= 11 is 0. The predicted octanol–water partition coefficient (Wildman–Crippen LogP) is 1.62. The van der Waals surface area contributed by atoms with Crippen LogP contribution in [0, 0.1) is 0 Å². The molecule has 1 rings (SSSR count). The summed E-state index contributed by atoms with van der Waals surface area (Å²) < 4.78 is 24.4. The number of rotatable bonds is 11. The van der Waals surface area contributed by atoms with Crippen LogP contribution < -0.4 is 15.4 Å². The molecule has 9 heteroatoms. The molecule has 1 aromatic carbocycles. The van der Waals surface area contributed by atoms with Crippen LogP contribution in [0.15, 0.2) is 35.3 Å². The summed E-state index contributed by atoms with van der Waals surface area (Å²) in [5, 5.41) is 6.49. The molecule has 0 spiro atoms. The highest BCUT2D eigenvalue weighted by Crippen LogP contribution is 2.07. The molecule has 0 aliphatic heterocycles. The predicted molar refractivity (Wildman–Crippen MR) is 124 cm³/mol. The number of aliphatic imine (C=N–C) groups is 1. The maximum Gasteiger partial charge on any atom is 0.208 e. The second-order valence-electron chi connectivity index (χ2n) is 6.48. The van der Waals surface area contributed by atoms with Gasteiger partial charge in [0.1, 0.15) is 0 Å². The van der Waals surface area contributed by atoms with Gasteiger partial charge in [-0.2, -0.15) is 0 Å². The average Bonchev–Trinajstić information content (AvgIpc) is 2.59. The molecule has 0 saturated carbocycles. The maximum absolute atomic E-state index is 11.0. The molecule has 27 heavy (non-hydrogen) atoms. The van der Waals surface area contributed by atoms with Crippen molar-refractivity contribution in [3.63, 3.8) is 0 Å². The lowest BCUT2D eigenvalue weighted by molar-refractivity contribution is 0.238. The maximum atomic E-state index is 11.0. The molecule has 0 amide bonds. The molecule has 0 radical (unpaired) electrons. The van der Waals surface area contributed by atoms with Crippen LogP contribution in [0.5, 0.6) is 0 Å². The second kappa shape index (κ2) is 14.1. The van der Waals surface area contributed by atoms with E-state index in [2.05, 4.69) is 63.5 Å². The largest absolute Gasteiger partial charge is 0.356 e. The Morgan fingerprint density at radius 3 is 2.37 bits per heavy atom. The van der Waals surface area contributed by atoms with Gasteiger partial charge in [-0.3, -0.25) is 9.89 Å². The number of guanidine groups is 1. The van der Waals surface area contributed by atoms with Gasteiger partial charge >= 0.3 is 0 Å². The normalized spacial score (nSPS) is 13.1. The van der Waals surface area contributed by atoms with Crippen molar-refractivity contribution < 1.29 is 8.42 Å². The van der Waals surface area contributed by atoms with Crippen molar-refractivity contribution in [3.8, 4) is 0 Å². The van der Waals surface area contributed by atoms with E-state index in [1.54, 1.807) is 7.05 Å². The lowest BCUT2D eigenvalue weighted by atomic mass is 10.1. The van der Waals surface area contributed by atoms with Gasteiger partial charge < -0.3 is 10.6 Å². The van der Waals surface area contributed by atoms with E-state index in [9.17, 15) is 8.42 Å². The lowest BCUT2D eigenvalue weighted by Gasteiger charge is -2.25. The molecule has 1 atom stereocenters. The molecule has 0 saturated heterocycles. The first kappa shape index (κ1) is 26.1. The third-order valence-corrected chi connectivity index (χ3v) is 4.84. The molecular weight excluding hydrogens is 477 g/mol. The monoisotopic (exact) mass is 511 g/mol. The molecule has 0 heterocycles. The molecule has 1 aromatic rings. The molecule has 0 bridgehead atoms. The van der Waals surface area contributed by atoms with E-state index in [1.165, 1.54) is 5.56 Å². The molecule has 0 aliphatic carbocycles. The van der Waals surface area contributed by atoms with Crippen LogP contribution in [0.1, 0.15) is 25.3 Å². The summed E-state index contributed by atoms with van der Waals surface area (Å²) in [5.41, 5.74) is 1.31. The Morgan fingerprint density at radius 1 is 1.15 bits per heavy atom. The van der Waals surface area contributed by atoms with Gasteiger partial charge in [-0.25, -0.2) is 13.1 Å². The van der Waals surface area contributed by atoms with Crippen LogP contribution in [0.4, 0.5) is 0 Å². The Kier molecular flexibility index (Phi) is 13.7. The lowest BCUT2D eigenvalue weighted by Crippen LogP contribution is -2.41. The minimum absolute atomic E-state index is 0. The average molecular weight is 511 g/mol. The van der Waals surface area contributed by atoms with Gasteiger partial charge in [0.2, 0.25) is 10.0 Å². The quantitative estimate of drug-likeness (QED) is 0.182. The zero-order chi connectivity index (χ0) is 19.4. The topological polar surface area (TPSA) is 85.8 Å². The van der Waals surface area contributed by atoms with Crippen molar-refractivity contribution in [2.45, 2.75) is 32.4 Å². The van der Waals surface area contributed by atoms with E-state index < -0.39 is 10.0 Å². The third kappa shape index (κ3) is 13.0. The van der Waals surface area contributed by atoms with Gasteiger partial charge in [-0.05, 0) is 32.4 Å². The fourth-order valence-electron chi connectivity index (χ4n) is 2.42. The molecule has 1 unspecified atom stereocenters. The third-order valence-electron chi connectivity index (χ3n) is 4.12. The van der Waals surface area contributed by atoms with Crippen LogP contribution in [-0.4, -0.2) is 65.3 Å². The summed E-state index contributed by atoms with van der Waals surface area (Å²) in [7, 11) is 0.756. The Balaban J connectivity index is 0.00000676. The Hall–Kier alpha value is -0.910. The van der Waals surface area contributed by atoms with E-state index in [0.717, 1.165) is 31.7 Å². The minimum atomic E-state index is -3.11. The highest BCUT2D eigenvalue weighted by molar-refractivity contribution is 14.0. The Morgan fingerprint density at radius 2 is 1.78 bits per heavy atom. The highest BCUT2D eigenvalue weighted by atomic mass is 127. The van der Waals surface area contributed by atoms with Crippen molar-refractivity contribution in [2.75, 3.05) is 40.0 Å². The number of nitrogens with zero attached hydrogens (tertiary/aromatic N) is 2. The summed E-state index contributed by atoms with van der Waals surface area (Å²) in [6, 6.07) is 10.9. The number of benzene rings is 1. The van der Waals surface area contributed by atoms with Crippen LogP contribution in [-0.2, 0) is 16.6 Å². The van der Waals surface area contributed by atoms with Crippen molar-refractivity contribution in [1.82, 2.24) is 20.3 Å². The zero-order valence-electron chi connectivity index (χ0n) is 16.7. The molecule has 0 aromatic heterocycles. The van der Waals surface area contributed by atoms with Gasteiger partial charge in [-0.1, -0.05) is 30.3 Å². The molecule has 0 fully saturated rings. The van der Waals surface area contributed by atoms with E-state index >= 15 is 0 Å². The number of nitrogens with one attached hydrogen (secondary N) is 3. The van der Waals surface area contributed by atoms with E-state index in [0.29, 0.717) is 25.6 Å². The number of hydrogen-bond donors (Lipinski definition) is 3.